The molecule has 0 spiro atoms. The zero-order chi connectivity index (χ0) is 9.35. The van der Waals surface area contributed by atoms with Gasteiger partial charge >= 0.3 is 0 Å². The molecule has 1 rings (SSSR count). The maximum Gasteiger partial charge on any atom is 0.0701 e. The highest BCUT2D eigenvalue weighted by molar-refractivity contribution is 5.81. The predicted octanol–water partition coefficient (Wildman–Crippen LogP) is -4.45. The van der Waals surface area contributed by atoms with Crippen LogP contribution in [-0.2, 0) is 9.59 Å². The largest absolute Gasteiger partial charge is 0.548 e. The van der Waals surface area contributed by atoms with Gasteiger partial charge in [-0.3, -0.25) is 0 Å². The fourth-order valence-corrected chi connectivity index (χ4v) is 1.14. The van der Waals surface area contributed by atoms with E-state index in [1.54, 1.807) is 0 Å². The van der Waals surface area contributed by atoms with Gasteiger partial charge in [0.2, 0.25) is 0 Å². The SMILES string of the molecule is NC1(C(=O)[O-])CNC(C(=O)[O-])C1. The minimum atomic E-state index is -1.58. The van der Waals surface area contributed by atoms with Crippen LogP contribution in [0.2, 0.25) is 0 Å². The van der Waals surface area contributed by atoms with Gasteiger partial charge in [-0.15, -0.1) is 0 Å². The molecule has 6 heteroatoms. The maximum atomic E-state index is 10.4. The van der Waals surface area contributed by atoms with Crippen molar-refractivity contribution >= 4 is 11.9 Å². The smallest absolute Gasteiger partial charge is 0.0701 e. The number of hydrogen-bond acceptors (Lipinski definition) is 6. The monoisotopic (exact) mass is 172 g/mol. The standard InChI is InChI=1S/C6H10N2O4/c7-6(5(11)12)1-3(4(9)10)8-2-6/h3,8H,1-2,7H2,(H,9,10)(H,11,12)/p-2. The van der Waals surface area contributed by atoms with Gasteiger partial charge in [0.1, 0.15) is 0 Å². The normalized spacial score (nSPS) is 34.9. The van der Waals surface area contributed by atoms with E-state index in [9.17, 15) is 19.8 Å². The Hall–Kier alpha value is -1.14. The van der Waals surface area contributed by atoms with E-state index in [4.69, 9.17) is 5.73 Å². The molecule has 0 saturated carbocycles. The summed E-state index contributed by atoms with van der Waals surface area (Å²) in [5.41, 5.74) is 3.74. The molecule has 0 aromatic carbocycles. The Balaban J connectivity index is 2.67. The van der Waals surface area contributed by atoms with Crippen LogP contribution in [0.5, 0.6) is 0 Å². The van der Waals surface area contributed by atoms with Crippen molar-refractivity contribution in [1.29, 1.82) is 0 Å². The minimum Gasteiger partial charge on any atom is -0.548 e. The van der Waals surface area contributed by atoms with Crippen molar-refractivity contribution in [3.05, 3.63) is 0 Å². The van der Waals surface area contributed by atoms with Crippen LogP contribution in [0.4, 0.5) is 0 Å². The highest BCUT2D eigenvalue weighted by Gasteiger charge is 2.37. The third-order valence-corrected chi connectivity index (χ3v) is 1.92. The van der Waals surface area contributed by atoms with E-state index in [1.165, 1.54) is 0 Å². The first-order chi connectivity index (χ1) is 5.46. The average molecular weight is 172 g/mol. The lowest BCUT2D eigenvalue weighted by atomic mass is 9.98. The number of carboxylic acid groups (broad SMARTS) is 2. The Labute approximate surface area is 68.4 Å². The molecule has 1 aliphatic heterocycles. The molecule has 2 atom stereocenters. The van der Waals surface area contributed by atoms with Crippen molar-refractivity contribution in [1.82, 2.24) is 5.32 Å². The first-order valence-corrected chi connectivity index (χ1v) is 3.40. The summed E-state index contributed by atoms with van der Waals surface area (Å²) in [6.45, 7) is -0.103. The van der Waals surface area contributed by atoms with Crippen molar-refractivity contribution in [2.75, 3.05) is 6.54 Å². The van der Waals surface area contributed by atoms with Crippen LogP contribution < -0.4 is 21.3 Å². The van der Waals surface area contributed by atoms with Crippen LogP contribution in [0.1, 0.15) is 6.42 Å². The molecule has 1 fully saturated rings. The summed E-state index contributed by atoms with van der Waals surface area (Å²) in [6.07, 6.45) is -0.197. The second kappa shape index (κ2) is 2.72. The van der Waals surface area contributed by atoms with E-state index in [0.29, 0.717) is 0 Å². The third-order valence-electron chi connectivity index (χ3n) is 1.92. The summed E-state index contributed by atoms with van der Waals surface area (Å²) in [5, 5.41) is 23.1. The second-order valence-corrected chi connectivity index (χ2v) is 2.90. The Morgan fingerprint density at radius 1 is 1.50 bits per heavy atom. The molecule has 1 heterocycles. The van der Waals surface area contributed by atoms with Crippen molar-refractivity contribution in [2.24, 2.45) is 5.73 Å². The zero-order valence-electron chi connectivity index (χ0n) is 6.20. The third kappa shape index (κ3) is 1.39. The molecule has 68 valence electrons. The maximum absolute atomic E-state index is 10.4. The molecule has 1 saturated heterocycles. The Bertz CT molecular complexity index is 230. The van der Waals surface area contributed by atoms with E-state index in [1.807, 2.05) is 0 Å². The molecule has 0 aromatic rings. The Morgan fingerprint density at radius 3 is 2.33 bits per heavy atom. The average Bonchev–Trinajstić information content (AvgIpc) is 2.33. The van der Waals surface area contributed by atoms with Gasteiger partial charge in [0.15, 0.2) is 0 Å². The van der Waals surface area contributed by atoms with Crippen molar-refractivity contribution in [2.45, 2.75) is 18.0 Å². The molecule has 0 aliphatic carbocycles. The first-order valence-electron chi connectivity index (χ1n) is 3.40. The number of nitrogens with two attached hydrogens (primary N) is 1. The fourth-order valence-electron chi connectivity index (χ4n) is 1.14. The number of carboxylic acids is 2. The summed E-state index contributed by atoms with van der Waals surface area (Å²) in [7, 11) is 0. The van der Waals surface area contributed by atoms with Crippen LogP contribution in [0.15, 0.2) is 0 Å². The summed E-state index contributed by atoms with van der Waals surface area (Å²) in [6, 6.07) is -0.993. The van der Waals surface area contributed by atoms with Gasteiger partial charge in [0.25, 0.3) is 0 Å². The first kappa shape index (κ1) is 8.95. The minimum absolute atomic E-state index is 0.103. The van der Waals surface area contributed by atoms with E-state index < -0.39 is 23.5 Å². The van der Waals surface area contributed by atoms with Gasteiger partial charge in [-0.2, -0.15) is 0 Å². The van der Waals surface area contributed by atoms with Gasteiger partial charge in [-0.25, -0.2) is 0 Å². The fraction of sp³-hybridized carbons (Fsp3) is 0.667. The molecule has 2 unspecified atom stereocenters. The van der Waals surface area contributed by atoms with E-state index in [2.05, 4.69) is 5.32 Å². The molecule has 0 amide bonds. The lowest BCUT2D eigenvalue weighted by Gasteiger charge is -2.23. The highest BCUT2D eigenvalue weighted by Crippen LogP contribution is 2.15. The molecular formula is C6H8N2O4-2. The Morgan fingerprint density at radius 2 is 2.08 bits per heavy atom. The summed E-state index contributed by atoms with van der Waals surface area (Å²) in [5.74, 6) is -2.79. The number of nitrogens with one attached hydrogen (secondary N) is 1. The quantitative estimate of drug-likeness (QED) is 0.433. The molecule has 12 heavy (non-hydrogen) atoms. The number of rotatable bonds is 2. The highest BCUT2D eigenvalue weighted by atomic mass is 16.4. The van der Waals surface area contributed by atoms with Gasteiger partial charge < -0.3 is 30.9 Å². The van der Waals surface area contributed by atoms with Crippen LogP contribution >= 0.6 is 0 Å². The molecular weight excluding hydrogens is 164 g/mol. The summed E-state index contributed by atoms with van der Waals surface area (Å²) in [4.78, 5) is 20.7. The summed E-state index contributed by atoms with van der Waals surface area (Å²) < 4.78 is 0. The lowest BCUT2D eigenvalue weighted by Crippen LogP contribution is -2.56. The van der Waals surface area contributed by atoms with Crippen LogP contribution in [-0.4, -0.2) is 30.1 Å². The van der Waals surface area contributed by atoms with Gasteiger partial charge in [-0.05, 0) is 6.42 Å². The second-order valence-electron chi connectivity index (χ2n) is 2.90. The number of carbonyl (C=O) groups is 2. The zero-order valence-corrected chi connectivity index (χ0v) is 6.20. The molecule has 0 aromatic heterocycles. The molecule has 6 nitrogen and oxygen atoms in total. The van der Waals surface area contributed by atoms with Gasteiger partial charge in [0.05, 0.1) is 17.5 Å². The summed E-state index contributed by atoms with van der Waals surface area (Å²) >= 11 is 0. The lowest BCUT2D eigenvalue weighted by molar-refractivity contribution is -0.312. The van der Waals surface area contributed by atoms with Crippen LogP contribution in [0.25, 0.3) is 0 Å². The number of aliphatic carboxylic acids is 2. The van der Waals surface area contributed by atoms with E-state index in [0.717, 1.165) is 0 Å². The van der Waals surface area contributed by atoms with Gasteiger partial charge in [0, 0.05) is 12.6 Å². The number of hydrogen-bond donors (Lipinski definition) is 2. The van der Waals surface area contributed by atoms with Crippen molar-refractivity contribution in [3.8, 4) is 0 Å². The molecule has 1 aliphatic rings. The Kier molecular flexibility index (Phi) is 2.03. The van der Waals surface area contributed by atoms with E-state index in [-0.39, 0.29) is 13.0 Å². The van der Waals surface area contributed by atoms with Gasteiger partial charge in [-0.1, -0.05) is 0 Å². The van der Waals surface area contributed by atoms with E-state index >= 15 is 0 Å². The molecule has 0 radical (unpaired) electrons. The van der Waals surface area contributed by atoms with Crippen LogP contribution in [0, 0.1) is 0 Å². The molecule has 3 N–H and O–H groups in total. The predicted molar refractivity (Wildman–Crippen MR) is 33.3 cm³/mol. The molecule has 0 bridgehead atoms. The van der Waals surface area contributed by atoms with Crippen LogP contribution in [0.3, 0.4) is 0 Å². The van der Waals surface area contributed by atoms with Crippen molar-refractivity contribution < 1.29 is 19.8 Å². The topological polar surface area (TPSA) is 118 Å². The van der Waals surface area contributed by atoms with Crippen molar-refractivity contribution in [3.63, 3.8) is 0 Å². The number of carbonyl (C=O) groups excluding carboxylic acids is 2.